The number of aromatic nitrogens is 3. The maximum atomic E-state index is 11.8. The predicted octanol–water partition coefficient (Wildman–Crippen LogP) is 2.08. The number of imidazole rings is 1. The maximum Gasteiger partial charge on any atom is 0.317 e. The second-order valence-electron chi connectivity index (χ2n) is 7.63. The van der Waals surface area contributed by atoms with E-state index in [2.05, 4.69) is 31.0 Å². The van der Waals surface area contributed by atoms with Crippen molar-refractivity contribution in [3.05, 3.63) is 11.9 Å². The van der Waals surface area contributed by atoms with Gasteiger partial charge in [0.25, 0.3) is 0 Å². The van der Waals surface area contributed by atoms with Crippen LogP contribution in [0.2, 0.25) is 0 Å². The van der Waals surface area contributed by atoms with Gasteiger partial charge in [0, 0.05) is 37.6 Å². The summed E-state index contributed by atoms with van der Waals surface area (Å²) in [6, 6.07) is 0.455. The lowest BCUT2D eigenvalue weighted by Gasteiger charge is -2.35. The highest BCUT2D eigenvalue weighted by Crippen LogP contribution is 2.29. The van der Waals surface area contributed by atoms with Crippen molar-refractivity contribution in [3.8, 4) is 0 Å². The quantitative estimate of drug-likeness (QED) is 0.902. The van der Waals surface area contributed by atoms with E-state index in [1.54, 1.807) is 11.3 Å². The van der Waals surface area contributed by atoms with Gasteiger partial charge in [0.2, 0.25) is 10.1 Å². The first-order chi connectivity index (χ1) is 11.4. The van der Waals surface area contributed by atoms with Crippen LogP contribution in [0.1, 0.15) is 39.3 Å². The van der Waals surface area contributed by atoms with Gasteiger partial charge in [-0.25, -0.2) is 14.3 Å². The minimum atomic E-state index is 0.0439. The van der Waals surface area contributed by atoms with E-state index in [0.717, 1.165) is 54.8 Å². The molecule has 130 valence electrons. The maximum absolute atomic E-state index is 11.8. The van der Waals surface area contributed by atoms with E-state index in [4.69, 9.17) is 10.1 Å². The normalized spacial score (nSPS) is 20.2. The van der Waals surface area contributed by atoms with Crippen molar-refractivity contribution in [3.63, 3.8) is 0 Å². The van der Waals surface area contributed by atoms with Crippen molar-refractivity contribution < 1.29 is 4.79 Å². The third kappa shape index (κ3) is 2.72. The van der Waals surface area contributed by atoms with Crippen molar-refractivity contribution in [1.82, 2.24) is 24.8 Å². The number of piperidine rings is 1. The van der Waals surface area contributed by atoms with Crippen LogP contribution in [0.3, 0.4) is 0 Å². The fourth-order valence-electron chi connectivity index (χ4n) is 3.38. The zero-order valence-corrected chi connectivity index (χ0v) is 15.3. The summed E-state index contributed by atoms with van der Waals surface area (Å²) >= 11 is 1.65. The molecule has 2 aromatic heterocycles. The lowest BCUT2D eigenvalue weighted by atomic mass is 9.93. The Morgan fingerprint density at radius 3 is 2.58 bits per heavy atom. The van der Waals surface area contributed by atoms with Crippen molar-refractivity contribution in [1.29, 1.82) is 0 Å². The Bertz CT molecular complexity index is 721. The number of anilines is 1. The number of nitrogens with zero attached hydrogens (tertiary/aromatic N) is 5. The van der Waals surface area contributed by atoms with Crippen LogP contribution in [-0.4, -0.2) is 57.7 Å². The molecule has 0 radical (unpaired) electrons. The molecule has 0 saturated carbocycles. The molecule has 0 spiro atoms. The first kappa shape index (κ1) is 15.7. The first-order valence-corrected chi connectivity index (χ1v) is 9.39. The Kier molecular flexibility index (Phi) is 3.67. The van der Waals surface area contributed by atoms with Gasteiger partial charge in [-0.05, 0) is 12.8 Å². The van der Waals surface area contributed by atoms with Crippen molar-refractivity contribution in [2.24, 2.45) is 0 Å². The second-order valence-corrected chi connectivity index (χ2v) is 8.57. The minimum Gasteiger partial charge on any atom is -0.347 e. The van der Waals surface area contributed by atoms with Gasteiger partial charge >= 0.3 is 6.03 Å². The summed E-state index contributed by atoms with van der Waals surface area (Å²) in [6.07, 6.45) is 4.04. The summed E-state index contributed by atoms with van der Waals surface area (Å²) in [5.41, 5.74) is 1.12. The fourth-order valence-corrected chi connectivity index (χ4v) is 4.32. The van der Waals surface area contributed by atoms with Crippen molar-refractivity contribution >= 4 is 27.5 Å². The molecule has 2 saturated heterocycles. The summed E-state index contributed by atoms with van der Waals surface area (Å²) in [4.78, 5) is 21.8. The van der Waals surface area contributed by atoms with Crippen LogP contribution in [0.4, 0.5) is 9.93 Å². The van der Waals surface area contributed by atoms with Crippen molar-refractivity contribution in [2.75, 3.05) is 31.1 Å². The molecule has 2 aromatic rings. The number of hydrogen-bond acceptors (Lipinski definition) is 5. The monoisotopic (exact) mass is 348 g/mol. The predicted molar refractivity (Wildman–Crippen MR) is 94.9 cm³/mol. The zero-order chi connectivity index (χ0) is 16.9. The van der Waals surface area contributed by atoms with Gasteiger partial charge in [-0.2, -0.15) is 0 Å². The molecule has 4 rings (SSSR count). The molecule has 1 N–H and O–H groups in total. The Labute approximate surface area is 145 Å². The highest BCUT2D eigenvalue weighted by atomic mass is 32.1. The molecule has 2 fully saturated rings. The smallest absolute Gasteiger partial charge is 0.317 e. The SMILES string of the molecule is CC(C)(C)c1cn2nc(N3CCC(N4CCNC4=O)CC3)sc2n1. The first-order valence-electron chi connectivity index (χ1n) is 8.58. The van der Waals surface area contributed by atoms with Gasteiger partial charge in [0.1, 0.15) is 0 Å². The molecule has 0 bridgehead atoms. The zero-order valence-electron chi connectivity index (χ0n) is 14.4. The van der Waals surface area contributed by atoms with E-state index in [0.29, 0.717) is 6.04 Å². The van der Waals surface area contributed by atoms with E-state index in [1.807, 2.05) is 15.6 Å². The molecular formula is C16H24N6OS. The van der Waals surface area contributed by atoms with E-state index >= 15 is 0 Å². The Morgan fingerprint density at radius 1 is 1.25 bits per heavy atom. The highest BCUT2D eigenvalue weighted by Gasteiger charge is 2.31. The number of carbonyl (C=O) groups excluding carboxylic acids is 1. The van der Waals surface area contributed by atoms with E-state index in [-0.39, 0.29) is 11.4 Å². The molecular weight excluding hydrogens is 324 g/mol. The van der Waals surface area contributed by atoms with Gasteiger partial charge in [-0.15, -0.1) is 5.10 Å². The van der Waals surface area contributed by atoms with Crippen LogP contribution in [0.15, 0.2) is 6.20 Å². The van der Waals surface area contributed by atoms with E-state index < -0.39 is 0 Å². The van der Waals surface area contributed by atoms with Gasteiger partial charge in [-0.1, -0.05) is 32.1 Å². The van der Waals surface area contributed by atoms with Gasteiger partial charge in [0.15, 0.2) is 0 Å². The van der Waals surface area contributed by atoms with Crippen LogP contribution < -0.4 is 10.2 Å². The molecule has 24 heavy (non-hydrogen) atoms. The standard InChI is InChI=1S/C16H24N6OS/c1-16(2,3)12-10-22-14(18-12)24-15(19-22)20-7-4-11(5-8-20)21-9-6-17-13(21)23/h10-11H,4-9H2,1-3H3,(H,17,23). The third-order valence-electron chi connectivity index (χ3n) is 4.87. The number of urea groups is 1. The summed E-state index contributed by atoms with van der Waals surface area (Å²) in [5, 5.41) is 8.64. The summed E-state index contributed by atoms with van der Waals surface area (Å²) < 4.78 is 1.90. The van der Waals surface area contributed by atoms with E-state index in [1.165, 1.54) is 0 Å². The number of fused-ring (bicyclic) bond motifs is 1. The van der Waals surface area contributed by atoms with Crippen molar-refractivity contribution in [2.45, 2.75) is 45.1 Å². The van der Waals surface area contributed by atoms with Crippen LogP contribution >= 0.6 is 11.3 Å². The summed E-state index contributed by atoms with van der Waals surface area (Å²) in [6.45, 7) is 10.00. The molecule has 4 heterocycles. The van der Waals surface area contributed by atoms with Crippen LogP contribution in [0, 0.1) is 0 Å². The Morgan fingerprint density at radius 2 is 2.00 bits per heavy atom. The Hall–Kier alpha value is -1.83. The summed E-state index contributed by atoms with van der Waals surface area (Å²) in [5.74, 6) is 0. The van der Waals surface area contributed by atoms with Crippen LogP contribution in [0.25, 0.3) is 4.96 Å². The number of amides is 2. The molecule has 0 aliphatic carbocycles. The Balaban J connectivity index is 1.44. The average Bonchev–Trinajstić information content (AvgIpc) is 3.20. The van der Waals surface area contributed by atoms with Gasteiger partial charge in [-0.3, -0.25) is 0 Å². The molecule has 2 aliphatic heterocycles. The minimum absolute atomic E-state index is 0.0439. The molecule has 7 nitrogen and oxygen atoms in total. The number of nitrogens with one attached hydrogen (secondary N) is 1. The number of carbonyl (C=O) groups is 1. The van der Waals surface area contributed by atoms with Gasteiger partial charge < -0.3 is 15.1 Å². The largest absolute Gasteiger partial charge is 0.347 e. The number of rotatable bonds is 2. The lowest BCUT2D eigenvalue weighted by Crippen LogP contribution is -2.46. The molecule has 8 heteroatoms. The number of hydrogen-bond donors (Lipinski definition) is 1. The third-order valence-corrected chi connectivity index (χ3v) is 5.85. The van der Waals surface area contributed by atoms with Crippen LogP contribution in [0.5, 0.6) is 0 Å². The average molecular weight is 348 g/mol. The highest BCUT2D eigenvalue weighted by molar-refractivity contribution is 7.20. The van der Waals surface area contributed by atoms with E-state index in [9.17, 15) is 4.79 Å². The summed E-state index contributed by atoms with van der Waals surface area (Å²) in [7, 11) is 0. The fraction of sp³-hybridized carbons (Fsp3) is 0.688. The molecule has 0 unspecified atom stereocenters. The topological polar surface area (TPSA) is 65.8 Å². The molecule has 0 aromatic carbocycles. The molecule has 2 amide bonds. The molecule has 2 aliphatic rings. The van der Waals surface area contributed by atoms with Gasteiger partial charge in [0.05, 0.1) is 11.9 Å². The second kappa shape index (κ2) is 5.61. The molecule has 0 atom stereocenters. The lowest BCUT2D eigenvalue weighted by molar-refractivity contribution is 0.186. The van der Waals surface area contributed by atoms with Crippen LogP contribution in [-0.2, 0) is 5.41 Å².